The van der Waals surface area contributed by atoms with Gasteiger partial charge in [-0.25, -0.2) is 13.1 Å². The topological polar surface area (TPSA) is 46.2 Å². The molecule has 0 heterocycles. The number of hydrogen-bond donors (Lipinski definition) is 1. The van der Waals surface area contributed by atoms with Crippen molar-refractivity contribution in [3.63, 3.8) is 0 Å². The fourth-order valence-electron chi connectivity index (χ4n) is 2.54. The van der Waals surface area contributed by atoms with Crippen molar-refractivity contribution in [1.82, 2.24) is 4.72 Å². The zero-order chi connectivity index (χ0) is 22.0. The van der Waals surface area contributed by atoms with E-state index >= 15 is 0 Å². The zero-order valence-electron chi connectivity index (χ0n) is 15.5. The molecule has 1 N–H and O–H groups in total. The Kier molecular flexibility index (Phi) is 6.68. The first-order chi connectivity index (χ1) is 13.2. The molecule has 0 aliphatic rings. The van der Waals surface area contributed by atoms with E-state index in [1.165, 1.54) is 0 Å². The van der Waals surface area contributed by atoms with Crippen molar-refractivity contribution in [2.75, 3.05) is 0 Å². The van der Waals surface area contributed by atoms with Crippen LogP contribution in [0.15, 0.2) is 47.4 Å². The second-order valence-electron chi connectivity index (χ2n) is 6.62. The Morgan fingerprint density at radius 1 is 0.897 bits per heavy atom. The molecule has 1 atom stereocenters. The van der Waals surface area contributed by atoms with Gasteiger partial charge < -0.3 is 0 Å². The predicted octanol–water partition coefficient (Wildman–Crippen LogP) is 5.72. The van der Waals surface area contributed by atoms with E-state index in [9.17, 15) is 34.8 Å². The lowest BCUT2D eigenvalue weighted by atomic mass is 9.98. The monoisotopic (exact) mass is 439 g/mol. The fourth-order valence-corrected chi connectivity index (χ4v) is 3.63. The van der Waals surface area contributed by atoms with E-state index < -0.39 is 38.4 Å². The third-order valence-corrected chi connectivity index (χ3v) is 5.88. The average molecular weight is 439 g/mol. The van der Waals surface area contributed by atoms with Gasteiger partial charge in [-0.2, -0.15) is 26.3 Å². The number of alkyl halides is 6. The van der Waals surface area contributed by atoms with Crippen molar-refractivity contribution in [2.24, 2.45) is 0 Å². The Morgan fingerprint density at radius 3 is 1.79 bits per heavy atom. The maximum atomic E-state index is 12.9. The van der Waals surface area contributed by atoms with E-state index in [4.69, 9.17) is 0 Å². The van der Waals surface area contributed by atoms with Gasteiger partial charge in [0, 0.05) is 6.54 Å². The van der Waals surface area contributed by atoms with Gasteiger partial charge in [-0.3, -0.25) is 0 Å². The molecule has 2 aromatic rings. The Labute approximate surface area is 164 Å². The lowest BCUT2D eigenvalue weighted by molar-refractivity contribution is -0.143. The Hall–Kier alpha value is -2.07. The normalized spacial score (nSPS) is 14.1. The maximum Gasteiger partial charge on any atom is 0.416 e. The molecule has 0 aliphatic heterocycles. The van der Waals surface area contributed by atoms with Crippen LogP contribution in [0.4, 0.5) is 26.3 Å². The summed E-state index contributed by atoms with van der Waals surface area (Å²) in [5.74, 6) is 0.298. The molecule has 0 radical (unpaired) electrons. The van der Waals surface area contributed by atoms with Crippen molar-refractivity contribution in [3.05, 3.63) is 64.7 Å². The third kappa shape index (κ3) is 5.96. The van der Waals surface area contributed by atoms with Gasteiger partial charge in [0.15, 0.2) is 0 Å². The summed E-state index contributed by atoms with van der Waals surface area (Å²) in [4.78, 5) is -1.10. The van der Waals surface area contributed by atoms with E-state index in [-0.39, 0.29) is 24.7 Å². The smallest absolute Gasteiger partial charge is 0.207 e. The molecule has 10 heteroatoms. The van der Waals surface area contributed by atoms with Crippen molar-refractivity contribution in [2.45, 2.75) is 50.0 Å². The first-order valence-corrected chi connectivity index (χ1v) is 10.1. The minimum absolute atomic E-state index is 0.118. The lowest BCUT2D eigenvalue weighted by Crippen LogP contribution is -2.24. The SMILES string of the molecule is CCC(C)c1ccc(CNS(=O)(=O)c2cc(C(F)(F)F)cc(C(F)(F)F)c2)cc1. The number of hydrogen-bond acceptors (Lipinski definition) is 2. The fraction of sp³-hybridized carbons (Fsp3) is 0.368. The summed E-state index contributed by atoms with van der Waals surface area (Å²) in [6.07, 6.45) is -9.35. The molecule has 160 valence electrons. The summed E-state index contributed by atoms with van der Waals surface area (Å²) in [6.45, 7) is 3.75. The van der Waals surface area contributed by atoms with Crippen molar-refractivity contribution in [1.29, 1.82) is 0 Å². The number of nitrogens with one attached hydrogen (secondary N) is 1. The molecule has 0 aliphatic carbocycles. The molecule has 0 aromatic heterocycles. The van der Waals surface area contributed by atoms with Gasteiger partial charge in [0.05, 0.1) is 16.0 Å². The molecule has 0 saturated heterocycles. The summed E-state index contributed by atoms with van der Waals surface area (Å²) in [5.41, 5.74) is -1.83. The highest BCUT2D eigenvalue weighted by atomic mass is 32.2. The molecule has 0 saturated carbocycles. The summed E-state index contributed by atoms with van der Waals surface area (Å²) >= 11 is 0. The molecule has 1 unspecified atom stereocenters. The Bertz CT molecular complexity index is 918. The second kappa shape index (κ2) is 8.35. The number of sulfonamides is 1. The van der Waals surface area contributed by atoms with Crippen LogP contribution in [0.5, 0.6) is 0 Å². The van der Waals surface area contributed by atoms with Crippen LogP contribution in [-0.4, -0.2) is 8.42 Å². The summed E-state index contributed by atoms with van der Waals surface area (Å²) in [6, 6.07) is 7.14. The minimum atomic E-state index is -5.13. The van der Waals surface area contributed by atoms with Gasteiger partial charge in [-0.05, 0) is 41.7 Å². The van der Waals surface area contributed by atoms with Crippen LogP contribution in [0.2, 0.25) is 0 Å². The van der Waals surface area contributed by atoms with Gasteiger partial charge in [-0.1, -0.05) is 38.1 Å². The Balaban J connectivity index is 2.30. The van der Waals surface area contributed by atoms with Crippen LogP contribution in [-0.2, 0) is 28.9 Å². The quantitative estimate of drug-likeness (QED) is 0.586. The first-order valence-electron chi connectivity index (χ1n) is 8.62. The van der Waals surface area contributed by atoms with Gasteiger partial charge in [0.25, 0.3) is 0 Å². The highest BCUT2D eigenvalue weighted by Gasteiger charge is 2.38. The molecule has 2 aromatic carbocycles. The maximum absolute atomic E-state index is 12.9. The van der Waals surface area contributed by atoms with E-state index in [0.29, 0.717) is 11.5 Å². The molecular formula is C19H19F6NO2S. The summed E-state index contributed by atoms with van der Waals surface area (Å²) in [5, 5.41) is 0. The largest absolute Gasteiger partial charge is 0.416 e. The highest BCUT2D eigenvalue weighted by molar-refractivity contribution is 7.89. The average Bonchev–Trinajstić information content (AvgIpc) is 2.64. The van der Waals surface area contributed by atoms with Gasteiger partial charge in [0.1, 0.15) is 0 Å². The molecule has 2 rings (SSSR count). The molecule has 3 nitrogen and oxygen atoms in total. The van der Waals surface area contributed by atoms with Crippen LogP contribution in [0.25, 0.3) is 0 Å². The van der Waals surface area contributed by atoms with Gasteiger partial charge >= 0.3 is 12.4 Å². The van der Waals surface area contributed by atoms with Crippen molar-refractivity contribution >= 4 is 10.0 Å². The Morgan fingerprint density at radius 2 is 1.38 bits per heavy atom. The number of benzene rings is 2. The lowest BCUT2D eigenvalue weighted by Gasteiger charge is -2.15. The third-order valence-electron chi connectivity index (χ3n) is 4.50. The molecule has 0 bridgehead atoms. The van der Waals surface area contributed by atoms with Gasteiger partial charge in [-0.15, -0.1) is 0 Å². The van der Waals surface area contributed by atoms with Gasteiger partial charge in [0.2, 0.25) is 10.0 Å². The highest BCUT2D eigenvalue weighted by Crippen LogP contribution is 2.37. The van der Waals surface area contributed by atoms with Crippen LogP contribution in [0, 0.1) is 0 Å². The van der Waals surface area contributed by atoms with Crippen LogP contribution in [0.3, 0.4) is 0 Å². The van der Waals surface area contributed by atoms with Crippen LogP contribution in [0.1, 0.15) is 48.4 Å². The van der Waals surface area contributed by atoms with Crippen LogP contribution >= 0.6 is 0 Å². The number of halogens is 6. The van der Waals surface area contributed by atoms with Crippen LogP contribution < -0.4 is 4.72 Å². The predicted molar refractivity (Wildman–Crippen MR) is 95.6 cm³/mol. The van der Waals surface area contributed by atoms with E-state index in [0.717, 1.165) is 12.0 Å². The number of rotatable bonds is 6. The molecular weight excluding hydrogens is 420 g/mol. The molecule has 0 fully saturated rings. The van der Waals surface area contributed by atoms with E-state index in [1.54, 1.807) is 24.3 Å². The molecule has 0 amide bonds. The molecule has 0 spiro atoms. The summed E-state index contributed by atoms with van der Waals surface area (Å²) in [7, 11) is -4.61. The molecule has 29 heavy (non-hydrogen) atoms. The van der Waals surface area contributed by atoms with E-state index in [1.807, 2.05) is 18.6 Å². The zero-order valence-corrected chi connectivity index (χ0v) is 16.3. The minimum Gasteiger partial charge on any atom is -0.207 e. The van der Waals surface area contributed by atoms with Crippen molar-refractivity contribution in [3.8, 4) is 0 Å². The second-order valence-corrected chi connectivity index (χ2v) is 8.38. The summed E-state index contributed by atoms with van der Waals surface area (Å²) < 4.78 is 104. The first kappa shape index (κ1) is 23.2. The van der Waals surface area contributed by atoms with E-state index in [2.05, 4.69) is 0 Å². The van der Waals surface area contributed by atoms with Crippen molar-refractivity contribution < 1.29 is 34.8 Å². The standard InChI is InChI=1S/C19H19F6NO2S/c1-3-12(2)14-6-4-13(5-7-14)11-26-29(27,28)17-9-15(18(20,21)22)8-16(10-17)19(23,24)25/h4-10,12,26H,3,11H2,1-2H3.